The molecule has 0 spiro atoms. The Hall–Kier alpha value is -2.78. The molecule has 3 aromatic rings. The van der Waals surface area contributed by atoms with Crippen molar-refractivity contribution in [2.75, 3.05) is 10.6 Å². The number of carbonyl (C=O) groups is 3. The summed E-state index contributed by atoms with van der Waals surface area (Å²) >= 11 is 19.4. The second-order valence-corrected chi connectivity index (χ2v) is 10.9. The first kappa shape index (κ1) is 27.3. The van der Waals surface area contributed by atoms with Crippen LogP contribution in [0.2, 0.25) is 15.1 Å². The largest absolute Gasteiger partial charge is 0.478 e. The highest BCUT2D eigenvalue weighted by atomic mass is 35.5. The molecule has 1 fully saturated rings. The fraction of sp³-hybridized carbons (Fsp3) is 0.269. The minimum Gasteiger partial charge on any atom is -0.478 e. The van der Waals surface area contributed by atoms with Gasteiger partial charge in [0.1, 0.15) is 5.00 Å². The number of aliphatic carboxylic acids is 1. The molecule has 2 aromatic carbocycles. The third-order valence-corrected chi connectivity index (χ3v) is 7.95. The Morgan fingerprint density at radius 2 is 1.59 bits per heavy atom. The number of rotatable bonds is 7. The van der Waals surface area contributed by atoms with Gasteiger partial charge in [-0.1, -0.05) is 84.4 Å². The molecular weight excluding hydrogens is 559 g/mol. The van der Waals surface area contributed by atoms with E-state index in [2.05, 4.69) is 10.6 Å². The monoisotopic (exact) mass is 580 g/mol. The molecule has 1 aliphatic rings. The number of amides is 2. The molecule has 1 atom stereocenters. The first-order valence-corrected chi connectivity index (χ1v) is 13.5. The van der Waals surface area contributed by atoms with Crippen molar-refractivity contribution in [1.29, 1.82) is 0 Å². The predicted molar refractivity (Wildman–Crippen MR) is 147 cm³/mol. The normalized spacial score (nSPS) is 14.6. The highest BCUT2D eigenvalue weighted by Crippen LogP contribution is 2.38. The molecule has 0 aliphatic heterocycles. The van der Waals surface area contributed by atoms with Crippen LogP contribution in [-0.4, -0.2) is 29.2 Å². The lowest BCUT2D eigenvalue weighted by molar-refractivity contribution is -0.151. The van der Waals surface area contributed by atoms with Gasteiger partial charge >= 0.3 is 18.0 Å². The van der Waals surface area contributed by atoms with Gasteiger partial charge in [-0.2, -0.15) is 0 Å². The zero-order chi connectivity index (χ0) is 26.5. The van der Waals surface area contributed by atoms with Gasteiger partial charge < -0.3 is 15.2 Å². The molecule has 1 saturated carbocycles. The van der Waals surface area contributed by atoms with E-state index < -0.39 is 24.1 Å². The van der Waals surface area contributed by atoms with Crippen molar-refractivity contribution in [2.24, 2.45) is 5.92 Å². The van der Waals surface area contributed by atoms with E-state index in [1.165, 1.54) is 12.1 Å². The number of carboxylic acid groups (broad SMARTS) is 1. The molecule has 7 nitrogen and oxygen atoms in total. The minimum absolute atomic E-state index is 0.0503. The SMILES string of the molecule is O=C(Nc1sc(-c2ccccc2)cc1C(=O)O[C@@H](C(=O)O)C1CCCCC1)Nc1c(Cl)cc(Cl)cc1Cl. The number of carbonyl (C=O) groups excluding carboxylic acids is 2. The van der Waals surface area contributed by atoms with Crippen molar-refractivity contribution in [2.45, 2.75) is 38.2 Å². The first-order valence-electron chi connectivity index (χ1n) is 11.6. The Balaban J connectivity index is 1.61. The Labute approximate surface area is 232 Å². The molecule has 1 aliphatic carbocycles. The van der Waals surface area contributed by atoms with E-state index in [0.29, 0.717) is 22.7 Å². The molecule has 37 heavy (non-hydrogen) atoms. The maximum atomic E-state index is 13.2. The lowest BCUT2D eigenvalue weighted by Crippen LogP contribution is -2.35. The van der Waals surface area contributed by atoms with Gasteiger partial charge in [-0.15, -0.1) is 11.3 Å². The summed E-state index contributed by atoms with van der Waals surface area (Å²) < 4.78 is 5.52. The van der Waals surface area contributed by atoms with Crippen LogP contribution < -0.4 is 10.6 Å². The summed E-state index contributed by atoms with van der Waals surface area (Å²) in [7, 11) is 0. The topological polar surface area (TPSA) is 105 Å². The zero-order valence-corrected chi connectivity index (χ0v) is 22.5. The van der Waals surface area contributed by atoms with Gasteiger partial charge in [-0.05, 0) is 36.6 Å². The summed E-state index contributed by atoms with van der Waals surface area (Å²) in [4.78, 5) is 38.8. The third kappa shape index (κ3) is 6.76. The summed E-state index contributed by atoms with van der Waals surface area (Å²) in [5.41, 5.74) is 1.02. The number of nitrogens with one attached hydrogen (secondary N) is 2. The van der Waals surface area contributed by atoms with E-state index >= 15 is 0 Å². The van der Waals surface area contributed by atoms with Crippen molar-refractivity contribution < 1.29 is 24.2 Å². The molecule has 3 N–H and O–H groups in total. The number of ether oxygens (including phenoxy) is 1. The minimum atomic E-state index is -1.26. The quantitative estimate of drug-likeness (QED) is 0.244. The fourth-order valence-electron chi connectivity index (χ4n) is 4.25. The Morgan fingerprint density at radius 1 is 0.946 bits per heavy atom. The van der Waals surface area contributed by atoms with Crippen LogP contribution in [0.25, 0.3) is 10.4 Å². The average molecular weight is 582 g/mol. The van der Waals surface area contributed by atoms with Crippen molar-refractivity contribution in [3.63, 3.8) is 0 Å². The molecule has 0 radical (unpaired) electrons. The predicted octanol–water partition coefficient (Wildman–Crippen LogP) is 8.21. The van der Waals surface area contributed by atoms with E-state index in [1.54, 1.807) is 6.07 Å². The lowest BCUT2D eigenvalue weighted by Gasteiger charge is -2.27. The van der Waals surface area contributed by atoms with Crippen LogP contribution in [0.15, 0.2) is 48.5 Å². The van der Waals surface area contributed by atoms with Crippen LogP contribution in [0.3, 0.4) is 0 Å². The molecule has 1 heterocycles. The Bertz CT molecular complexity index is 1290. The van der Waals surface area contributed by atoms with Gasteiger partial charge in [-0.3, -0.25) is 5.32 Å². The number of urea groups is 1. The molecule has 11 heteroatoms. The smallest absolute Gasteiger partial charge is 0.345 e. The third-order valence-electron chi connectivity index (χ3n) is 6.04. The zero-order valence-electron chi connectivity index (χ0n) is 19.4. The van der Waals surface area contributed by atoms with Crippen LogP contribution in [0.5, 0.6) is 0 Å². The van der Waals surface area contributed by atoms with Gasteiger partial charge in [0.25, 0.3) is 0 Å². The second kappa shape index (κ2) is 12.2. The number of anilines is 2. The van der Waals surface area contributed by atoms with Crippen molar-refractivity contribution in [3.05, 3.63) is 69.2 Å². The number of benzene rings is 2. The number of hydrogen-bond donors (Lipinski definition) is 3. The molecule has 0 saturated heterocycles. The number of esters is 1. The second-order valence-electron chi connectivity index (χ2n) is 8.61. The average Bonchev–Trinajstić information content (AvgIpc) is 3.29. The molecule has 194 valence electrons. The summed E-state index contributed by atoms with van der Waals surface area (Å²) in [6.07, 6.45) is 2.92. The summed E-state index contributed by atoms with van der Waals surface area (Å²) in [6.45, 7) is 0. The van der Waals surface area contributed by atoms with E-state index in [0.717, 1.165) is 36.2 Å². The van der Waals surface area contributed by atoms with Crippen LogP contribution in [0.4, 0.5) is 15.5 Å². The fourth-order valence-corrected chi connectivity index (χ4v) is 6.21. The van der Waals surface area contributed by atoms with Gasteiger partial charge in [0.15, 0.2) is 0 Å². The lowest BCUT2D eigenvalue weighted by atomic mass is 9.85. The molecule has 2 amide bonds. The highest BCUT2D eigenvalue weighted by Gasteiger charge is 2.34. The first-order chi connectivity index (χ1) is 17.7. The summed E-state index contributed by atoms with van der Waals surface area (Å²) in [5, 5.41) is 15.8. The summed E-state index contributed by atoms with van der Waals surface area (Å²) in [6, 6.07) is 13.0. The Kier molecular flexibility index (Phi) is 8.97. The van der Waals surface area contributed by atoms with Crippen molar-refractivity contribution >= 4 is 74.8 Å². The van der Waals surface area contributed by atoms with E-state index in [-0.39, 0.29) is 32.2 Å². The maximum absolute atomic E-state index is 13.2. The van der Waals surface area contributed by atoms with Crippen LogP contribution in [0, 0.1) is 5.92 Å². The van der Waals surface area contributed by atoms with Gasteiger partial charge in [-0.25, -0.2) is 14.4 Å². The number of hydrogen-bond acceptors (Lipinski definition) is 5. The molecule has 0 unspecified atom stereocenters. The number of thiophene rings is 1. The molecule has 4 rings (SSSR count). The van der Waals surface area contributed by atoms with E-state index in [1.807, 2.05) is 30.3 Å². The standard InChI is InChI=1S/C26H23Cl3N2O5S/c27-16-11-18(28)21(19(29)12-16)30-26(35)31-23-17(13-20(37-23)14-7-3-1-4-8-14)25(34)36-22(24(32)33)15-9-5-2-6-10-15/h1,3-4,7-8,11-13,15,22H,2,5-6,9-10H2,(H,32,33)(H2,30,31,35)/t22-/m1/s1. The highest BCUT2D eigenvalue weighted by molar-refractivity contribution is 7.20. The number of halogens is 3. The van der Waals surface area contributed by atoms with E-state index in [9.17, 15) is 19.5 Å². The van der Waals surface area contributed by atoms with Crippen LogP contribution in [0.1, 0.15) is 42.5 Å². The van der Waals surface area contributed by atoms with Gasteiger partial charge in [0, 0.05) is 15.8 Å². The van der Waals surface area contributed by atoms with Crippen molar-refractivity contribution in [3.8, 4) is 10.4 Å². The molecular formula is C26H23Cl3N2O5S. The van der Waals surface area contributed by atoms with Crippen LogP contribution in [-0.2, 0) is 9.53 Å². The van der Waals surface area contributed by atoms with E-state index in [4.69, 9.17) is 39.5 Å². The van der Waals surface area contributed by atoms with Gasteiger partial charge in [0.2, 0.25) is 6.10 Å². The van der Waals surface area contributed by atoms with Gasteiger partial charge in [0.05, 0.1) is 21.3 Å². The summed E-state index contributed by atoms with van der Waals surface area (Å²) in [5.74, 6) is -2.26. The molecule has 0 bridgehead atoms. The van der Waals surface area contributed by atoms with Crippen LogP contribution >= 0.6 is 46.1 Å². The van der Waals surface area contributed by atoms with Crippen molar-refractivity contribution in [1.82, 2.24) is 0 Å². The molecule has 1 aromatic heterocycles. The number of carboxylic acids is 1. The Morgan fingerprint density at radius 3 is 2.22 bits per heavy atom. The maximum Gasteiger partial charge on any atom is 0.345 e.